The van der Waals surface area contributed by atoms with E-state index in [0.29, 0.717) is 10.7 Å². The number of aromatic nitrogens is 4. The van der Waals surface area contributed by atoms with Gasteiger partial charge >= 0.3 is 0 Å². The predicted octanol–water partition coefficient (Wildman–Crippen LogP) is 1.99. The zero-order valence-electron chi connectivity index (χ0n) is 10.4. The molecule has 6 nitrogen and oxygen atoms in total. The zero-order valence-corrected chi connectivity index (χ0v) is 11.2. The van der Waals surface area contributed by atoms with Crippen LogP contribution in [-0.4, -0.2) is 25.7 Å². The van der Waals surface area contributed by atoms with Crippen molar-refractivity contribution in [1.29, 1.82) is 0 Å². The van der Waals surface area contributed by atoms with Gasteiger partial charge in [0, 0.05) is 12.6 Å². The largest absolute Gasteiger partial charge is 0.334 e. The number of carbonyl (C=O) groups is 1. The van der Waals surface area contributed by atoms with Crippen molar-refractivity contribution in [2.24, 2.45) is 7.05 Å². The van der Waals surface area contributed by atoms with E-state index in [9.17, 15) is 4.79 Å². The first-order chi connectivity index (χ1) is 9.13. The molecule has 0 spiro atoms. The van der Waals surface area contributed by atoms with Crippen LogP contribution < -0.4 is 5.32 Å². The summed E-state index contributed by atoms with van der Waals surface area (Å²) in [6, 6.07) is 5.39. The van der Waals surface area contributed by atoms with E-state index in [1.807, 2.05) is 30.7 Å². The van der Waals surface area contributed by atoms with Gasteiger partial charge in [-0.1, -0.05) is 11.3 Å². The summed E-state index contributed by atoms with van der Waals surface area (Å²) in [5, 5.41) is 11.8. The second-order valence-corrected chi connectivity index (χ2v) is 5.32. The van der Waals surface area contributed by atoms with Crippen LogP contribution in [0.1, 0.15) is 15.4 Å². The number of hydrogen-bond acceptors (Lipinski definition) is 5. The maximum atomic E-state index is 12.1. The molecule has 0 aliphatic heterocycles. The minimum absolute atomic E-state index is 0.195. The third-order valence-electron chi connectivity index (χ3n) is 2.73. The van der Waals surface area contributed by atoms with Gasteiger partial charge in [-0.2, -0.15) is 0 Å². The molecular formula is C12H11N5OS. The smallest absolute Gasteiger partial charge is 0.257 e. The number of amides is 1. The molecule has 0 bridgehead atoms. The lowest BCUT2D eigenvalue weighted by atomic mass is 10.2. The lowest BCUT2D eigenvalue weighted by Gasteiger charge is -2.02. The Morgan fingerprint density at radius 1 is 1.37 bits per heavy atom. The summed E-state index contributed by atoms with van der Waals surface area (Å²) >= 11 is 1.35. The summed E-state index contributed by atoms with van der Waals surface area (Å²) in [4.78, 5) is 16.3. The molecule has 0 radical (unpaired) electrons. The van der Waals surface area contributed by atoms with Crippen molar-refractivity contribution in [1.82, 2.24) is 19.7 Å². The van der Waals surface area contributed by atoms with E-state index in [1.54, 1.807) is 12.4 Å². The quantitative estimate of drug-likeness (QED) is 0.775. The van der Waals surface area contributed by atoms with Crippen LogP contribution in [0.4, 0.5) is 5.13 Å². The number of hydrogen-bond donors (Lipinski definition) is 1. The number of nitrogens with zero attached hydrogens (tertiary/aromatic N) is 4. The highest BCUT2D eigenvalue weighted by Crippen LogP contribution is 2.17. The highest BCUT2D eigenvalue weighted by Gasteiger charge is 2.10. The van der Waals surface area contributed by atoms with Crippen molar-refractivity contribution in [2.45, 2.75) is 6.92 Å². The number of carbonyl (C=O) groups excluding carboxylic acids is 1. The molecular weight excluding hydrogens is 262 g/mol. The van der Waals surface area contributed by atoms with Gasteiger partial charge in [0.2, 0.25) is 5.13 Å². The van der Waals surface area contributed by atoms with Crippen molar-refractivity contribution < 1.29 is 4.79 Å². The van der Waals surface area contributed by atoms with Gasteiger partial charge in [0.15, 0.2) is 0 Å². The molecule has 96 valence electrons. The lowest BCUT2D eigenvalue weighted by molar-refractivity contribution is 0.102. The Labute approximate surface area is 113 Å². The van der Waals surface area contributed by atoms with E-state index in [4.69, 9.17) is 0 Å². The molecule has 3 aromatic rings. The van der Waals surface area contributed by atoms with Gasteiger partial charge in [0.25, 0.3) is 5.91 Å². The fourth-order valence-corrected chi connectivity index (χ4v) is 2.37. The molecule has 0 aliphatic rings. The van der Waals surface area contributed by atoms with Crippen molar-refractivity contribution in [2.75, 3.05) is 5.32 Å². The third-order valence-corrected chi connectivity index (χ3v) is 3.49. The Balaban J connectivity index is 1.90. The van der Waals surface area contributed by atoms with Crippen LogP contribution in [0.5, 0.6) is 0 Å². The van der Waals surface area contributed by atoms with Crippen molar-refractivity contribution in [3.05, 3.63) is 35.1 Å². The Morgan fingerprint density at radius 3 is 2.95 bits per heavy atom. The van der Waals surface area contributed by atoms with E-state index < -0.39 is 0 Å². The lowest BCUT2D eigenvalue weighted by Crippen LogP contribution is -2.11. The average Bonchev–Trinajstić information content (AvgIpc) is 2.96. The molecule has 19 heavy (non-hydrogen) atoms. The number of imidazole rings is 1. The SMILES string of the molecule is Cc1nnc(NC(=O)c2ccc3ncn(C)c3c2)s1. The van der Waals surface area contributed by atoms with Crippen LogP contribution >= 0.6 is 11.3 Å². The second-order valence-electron chi connectivity index (χ2n) is 4.14. The number of aryl methyl sites for hydroxylation is 2. The number of fused-ring (bicyclic) bond motifs is 1. The number of rotatable bonds is 2. The number of nitrogens with one attached hydrogen (secondary N) is 1. The molecule has 2 heterocycles. The van der Waals surface area contributed by atoms with Crippen LogP contribution in [0.2, 0.25) is 0 Å². The summed E-state index contributed by atoms with van der Waals surface area (Å²) in [6.07, 6.45) is 1.72. The predicted molar refractivity (Wildman–Crippen MR) is 73.3 cm³/mol. The van der Waals surface area contributed by atoms with Crippen LogP contribution in [-0.2, 0) is 7.05 Å². The molecule has 0 saturated carbocycles. The highest BCUT2D eigenvalue weighted by molar-refractivity contribution is 7.15. The van der Waals surface area contributed by atoms with Gasteiger partial charge in [-0.15, -0.1) is 10.2 Å². The normalized spacial score (nSPS) is 10.8. The molecule has 7 heteroatoms. The summed E-state index contributed by atoms with van der Waals surface area (Å²) in [5.74, 6) is -0.195. The number of anilines is 1. The molecule has 0 aliphatic carbocycles. The fraction of sp³-hybridized carbons (Fsp3) is 0.167. The Morgan fingerprint density at radius 2 is 2.21 bits per heavy atom. The zero-order chi connectivity index (χ0) is 13.4. The van der Waals surface area contributed by atoms with E-state index in [2.05, 4.69) is 20.5 Å². The molecule has 3 rings (SSSR count). The maximum Gasteiger partial charge on any atom is 0.257 e. The summed E-state index contributed by atoms with van der Waals surface area (Å²) in [6.45, 7) is 1.84. The van der Waals surface area contributed by atoms with Crippen molar-refractivity contribution >= 4 is 33.4 Å². The van der Waals surface area contributed by atoms with Gasteiger partial charge in [-0.05, 0) is 25.1 Å². The van der Waals surface area contributed by atoms with E-state index in [1.165, 1.54) is 11.3 Å². The van der Waals surface area contributed by atoms with Crippen LogP contribution in [0, 0.1) is 6.92 Å². The molecule has 2 aromatic heterocycles. The third kappa shape index (κ3) is 2.19. The summed E-state index contributed by atoms with van der Waals surface area (Å²) in [7, 11) is 1.89. The van der Waals surface area contributed by atoms with E-state index in [0.717, 1.165) is 16.0 Å². The first kappa shape index (κ1) is 11.8. The molecule has 0 atom stereocenters. The van der Waals surface area contributed by atoms with Crippen LogP contribution in [0.15, 0.2) is 24.5 Å². The average molecular weight is 273 g/mol. The summed E-state index contributed by atoms with van der Waals surface area (Å²) in [5.41, 5.74) is 2.36. The van der Waals surface area contributed by atoms with Crippen LogP contribution in [0.3, 0.4) is 0 Å². The van der Waals surface area contributed by atoms with E-state index in [-0.39, 0.29) is 5.91 Å². The first-order valence-electron chi connectivity index (χ1n) is 5.66. The minimum atomic E-state index is -0.195. The Kier molecular flexibility index (Phi) is 2.75. The first-order valence-corrected chi connectivity index (χ1v) is 6.47. The monoisotopic (exact) mass is 273 g/mol. The number of benzene rings is 1. The van der Waals surface area contributed by atoms with Gasteiger partial charge in [-0.25, -0.2) is 4.98 Å². The molecule has 0 saturated heterocycles. The molecule has 1 amide bonds. The molecule has 1 aromatic carbocycles. The van der Waals surface area contributed by atoms with E-state index >= 15 is 0 Å². The maximum absolute atomic E-state index is 12.1. The van der Waals surface area contributed by atoms with Gasteiger partial charge in [-0.3, -0.25) is 10.1 Å². The van der Waals surface area contributed by atoms with Gasteiger partial charge in [0.05, 0.1) is 17.4 Å². The highest BCUT2D eigenvalue weighted by atomic mass is 32.1. The summed E-state index contributed by atoms with van der Waals surface area (Å²) < 4.78 is 1.88. The topological polar surface area (TPSA) is 72.7 Å². The van der Waals surface area contributed by atoms with Crippen LogP contribution in [0.25, 0.3) is 11.0 Å². The standard InChI is InChI=1S/C12H11N5OS/c1-7-15-16-12(19-7)14-11(18)8-3-4-9-10(5-8)17(2)6-13-9/h3-6H,1-2H3,(H,14,16,18). The molecule has 0 unspecified atom stereocenters. The molecule has 1 N–H and O–H groups in total. The van der Waals surface area contributed by atoms with Gasteiger partial charge < -0.3 is 4.57 Å². The van der Waals surface area contributed by atoms with Crippen molar-refractivity contribution in [3.63, 3.8) is 0 Å². The van der Waals surface area contributed by atoms with Crippen molar-refractivity contribution in [3.8, 4) is 0 Å². The second kappa shape index (κ2) is 4.43. The molecule has 0 fully saturated rings. The minimum Gasteiger partial charge on any atom is -0.334 e. The Bertz CT molecular complexity index is 760. The van der Waals surface area contributed by atoms with Gasteiger partial charge in [0.1, 0.15) is 5.01 Å². The fourth-order valence-electron chi connectivity index (χ4n) is 1.78. The Hall–Kier alpha value is -2.28.